The lowest BCUT2D eigenvalue weighted by Gasteiger charge is -2.09. The maximum atomic E-state index is 5.88. The number of benzene rings is 1. The largest absolute Gasteiger partial charge is 0.380 e. The fourth-order valence-corrected chi connectivity index (χ4v) is 2.51. The normalized spacial score (nSPS) is 10.7. The zero-order chi connectivity index (χ0) is 13.9. The molecule has 2 heterocycles. The van der Waals surface area contributed by atoms with Gasteiger partial charge in [0.2, 0.25) is 0 Å². The van der Waals surface area contributed by atoms with Crippen molar-refractivity contribution >= 4 is 44.0 Å². The molecule has 0 fully saturated rings. The van der Waals surface area contributed by atoms with Crippen LogP contribution in [0.3, 0.4) is 0 Å². The molecule has 3 aromatic rings. The van der Waals surface area contributed by atoms with Crippen molar-refractivity contribution in [1.82, 2.24) is 9.97 Å². The summed E-state index contributed by atoms with van der Waals surface area (Å²) in [7, 11) is 0. The first-order chi connectivity index (χ1) is 9.74. The highest BCUT2D eigenvalue weighted by molar-refractivity contribution is 9.10. The molecule has 3 nitrogen and oxygen atoms in total. The van der Waals surface area contributed by atoms with E-state index >= 15 is 0 Å². The van der Waals surface area contributed by atoms with Gasteiger partial charge in [-0.3, -0.25) is 4.98 Å². The van der Waals surface area contributed by atoms with E-state index in [9.17, 15) is 0 Å². The minimum atomic E-state index is 0.465. The van der Waals surface area contributed by atoms with Crippen LogP contribution in [-0.2, 0) is 6.54 Å². The zero-order valence-electron chi connectivity index (χ0n) is 10.5. The van der Waals surface area contributed by atoms with E-state index in [1.54, 1.807) is 6.20 Å². The standard InChI is InChI=1S/C15H11BrClN3/c16-14-6-12(9-20-15(14)17)19-8-11-3-1-2-10-7-18-5-4-13(10)11/h1-7,9,19H,8H2. The van der Waals surface area contributed by atoms with Crippen molar-refractivity contribution < 1.29 is 0 Å². The molecule has 3 rings (SSSR count). The van der Waals surface area contributed by atoms with Crippen molar-refractivity contribution in [3.05, 3.63) is 64.1 Å². The van der Waals surface area contributed by atoms with Gasteiger partial charge in [0.15, 0.2) is 0 Å². The Bertz CT molecular complexity index is 756. The van der Waals surface area contributed by atoms with Crippen molar-refractivity contribution in [3.63, 3.8) is 0 Å². The number of anilines is 1. The Morgan fingerprint density at radius 3 is 2.95 bits per heavy atom. The van der Waals surface area contributed by atoms with Gasteiger partial charge in [-0.05, 0) is 39.0 Å². The van der Waals surface area contributed by atoms with Crippen molar-refractivity contribution in [2.45, 2.75) is 6.54 Å². The van der Waals surface area contributed by atoms with E-state index in [0.717, 1.165) is 22.1 Å². The van der Waals surface area contributed by atoms with Crippen LogP contribution in [0.1, 0.15) is 5.56 Å². The van der Waals surface area contributed by atoms with E-state index in [0.29, 0.717) is 5.15 Å². The summed E-state index contributed by atoms with van der Waals surface area (Å²) in [6.07, 6.45) is 5.41. The maximum Gasteiger partial charge on any atom is 0.143 e. The van der Waals surface area contributed by atoms with Gasteiger partial charge < -0.3 is 5.32 Å². The minimum absolute atomic E-state index is 0.465. The highest BCUT2D eigenvalue weighted by Gasteiger charge is 2.03. The highest BCUT2D eigenvalue weighted by Crippen LogP contribution is 2.24. The zero-order valence-corrected chi connectivity index (χ0v) is 12.8. The van der Waals surface area contributed by atoms with Gasteiger partial charge in [-0.15, -0.1) is 0 Å². The molecule has 0 bridgehead atoms. The molecule has 0 radical (unpaired) electrons. The summed E-state index contributed by atoms with van der Waals surface area (Å²) >= 11 is 9.25. The van der Waals surface area contributed by atoms with Crippen LogP contribution >= 0.6 is 27.5 Å². The molecule has 0 amide bonds. The molecule has 1 N–H and O–H groups in total. The van der Waals surface area contributed by atoms with Crippen molar-refractivity contribution in [1.29, 1.82) is 0 Å². The number of hydrogen-bond donors (Lipinski definition) is 1. The number of nitrogens with one attached hydrogen (secondary N) is 1. The van der Waals surface area contributed by atoms with Crippen LogP contribution < -0.4 is 5.32 Å². The first kappa shape index (κ1) is 13.3. The fourth-order valence-electron chi connectivity index (χ4n) is 2.06. The predicted molar refractivity (Wildman–Crippen MR) is 86.0 cm³/mol. The molecule has 1 aromatic carbocycles. The van der Waals surface area contributed by atoms with E-state index in [1.807, 2.05) is 30.6 Å². The molecule has 0 aliphatic carbocycles. The Balaban J connectivity index is 1.85. The van der Waals surface area contributed by atoms with Gasteiger partial charge in [0.1, 0.15) is 5.15 Å². The van der Waals surface area contributed by atoms with Gasteiger partial charge in [-0.1, -0.05) is 29.8 Å². The summed E-state index contributed by atoms with van der Waals surface area (Å²) in [5, 5.41) is 6.16. The average molecular weight is 349 g/mol. The number of halogens is 2. The SMILES string of the molecule is Clc1ncc(NCc2cccc3cnccc23)cc1Br. The number of fused-ring (bicyclic) bond motifs is 1. The van der Waals surface area contributed by atoms with Crippen molar-refractivity contribution in [2.24, 2.45) is 0 Å². The molecule has 100 valence electrons. The summed E-state index contributed by atoms with van der Waals surface area (Å²) in [5.74, 6) is 0. The number of rotatable bonds is 3. The van der Waals surface area contributed by atoms with E-state index in [2.05, 4.69) is 43.3 Å². The Labute approximate surface area is 130 Å². The van der Waals surface area contributed by atoms with Gasteiger partial charge in [0.05, 0.1) is 16.4 Å². The van der Waals surface area contributed by atoms with E-state index in [4.69, 9.17) is 11.6 Å². The van der Waals surface area contributed by atoms with Crippen LogP contribution in [0.25, 0.3) is 10.8 Å². The molecule has 2 aromatic heterocycles. The van der Waals surface area contributed by atoms with Gasteiger partial charge in [0.25, 0.3) is 0 Å². The quantitative estimate of drug-likeness (QED) is 0.700. The molecule has 0 aliphatic rings. The molecular formula is C15H11BrClN3. The molecule has 0 atom stereocenters. The van der Waals surface area contributed by atoms with Crippen LogP contribution in [0, 0.1) is 0 Å². The molecule has 0 saturated carbocycles. The predicted octanol–water partition coefficient (Wildman–Crippen LogP) is 4.66. The number of pyridine rings is 2. The highest BCUT2D eigenvalue weighted by atomic mass is 79.9. The summed E-state index contributed by atoms with van der Waals surface area (Å²) in [4.78, 5) is 8.24. The summed E-state index contributed by atoms with van der Waals surface area (Å²) in [6, 6.07) is 10.2. The monoisotopic (exact) mass is 347 g/mol. The minimum Gasteiger partial charge on any atom is -0.380 e. The third-order valence-electron chi connectivity index (χ3n) is 3.05. The second kappa shape index (κ2) is 5.77. The number of hydrogen-bond acceptors (Lipinski definition) is 3. The molecular weight excluding hydrogens is 338 g/mol. The summed E-state index contributed by atoms with van der Waals surface area (Å²) in [6.45, 7) is 0.719. The lowest BCUT2D eigenvalue weighted by Crippen LogP contribution is -2.00. The van der Waals surface area contributed by atoms with Crippen LogP contribution in [0.2, 0.25) is 5.15 Å². The van der Waals surface area contributed by atoms with E-state index < -0.39 is 0 Å². The van der Waals surface area contributed by atoms with Gasteiger partial charge in [-0.25, -0.2) is 4.98 Å². The third-order valence-corrected chi connectivity index (χ3v) is 4.18. The van der Waals surface area contributed by atoms with E-state index in [-0.39, 0.29) is 0 Å². The molecule has 0 aliphatic heterocycles. The van der Waals surface area contributed by atoms with Gasteiger partial charge in [0, 0.05) is 24.3 Å². The Hall–Kier alpha value is -1.65. The fraction of sp³-hybridized carbons (Fsp3) is 0.0667. The number of nitrogens with zero attached hydrogens (tertiary/aromatic N) is 2. The average Bonchev–Trinajstić information content (AvgIpc) is 2.48. The third kappa shape index (κ3) is 2.76. The van der Waals surface area contributed by atoms with Crippen LogP contribution in [0.4, 0.5) is 5.69 Å². The van der Waals surface area contributed by atoms with E-state index in [1.165, 1.54) is 10.9 Å². The smallest absolute Gasteiger partial charge is 0.143 e. The topological polar surface area (TPSA) is 37.8 Å². The lowest BCUT2D eigenvalue weighted by molar-refractivity contribution is 1.15. The summed E-state index contributed by atoms with van der Waals surface area (Å²) in [5.41, 5.74) is 2.14. The Morgan fingerprint density at radius 2 is 2.10 bits per heavy atom. The first-order valence-electron chi connectivity index (χ1n) is 6.10. The van der Waals surface area contributed by atoms with Gasteiger partial charge in [-0.2, -0.15) is 0 Å². The second-order valence-corrected chi connectivity index (χ2v) is 5.58. The van der Waals surface area contributed by atoms with Crippen LogP contribution in [0.5, 0.6) is 0 Å². The second-order valence-electron chi connectivity index (χ2n) is 4.36. The lowest BCUT2D eigenvalue weighted by atomic mass is 10.1. The number of aromatic nitrogens is 2. The molecule has 0 unspecified atom stereocenters. The van der Waals surface area contributed by atoms with Crippen molar-refractivity contribution in [2.75, 3.05) is 5.32 Å². The van der Waals surface area contributed by atoms with Crippen LogP contribution in [0.15, 0.2) is 53.4 Å². The molecule has 0 saturated heterocycles. The Morgan fingerprint density at radius 1 is 1.20 bits per heavy atom. The molecule has 0 spiro atoms. The van der Waals surface area contributed by atoms with Gasteiger partial charge >= 0.3 is 0 Å². The van der Waals surface area contributed by atoms with Crippen molar-refractivity contribution in [3.8, 4) is 0 Å². The summed E-state index contributed by atoms with van der Waals surface area (Å²) < 4.78 is 0.784. The molecule has 5 heteroatoms. The Kier molecular flexibility index (Phi) is 3.85. The van der Waals surface area contributed by atoms with Crippen LogP contribution in [-0.4, -0.2) is 9.97 Å². The molecule has 20 heavy (non-hydrogen) atoms. The first-order valence-corrected chi connectivity index (χ1v) is 7.27. The maximum absolute atomic E-state index is 5.88.